The van der Waals surface area contributed by atoms with E-state index in [0.29, 0.717) is 17.5 Å². The maximum Gasteiger partial charge on any atom is 0.165 e. The van der Waals surface area contributed by atoms with Crippen molar-refractivity contribution >= 4 is 64.9 Å². The fourth-order valence-electron chi connectivity index (χ4n) is 10.7. The molecule has 0 atom stereocenters. The fourth-order valence-corrected chi connectivity index (χ4v) is 10.7. The third-order valence-electron chi connectivity index (χ3n) is 14.1. The number of benzene rings is 12. The van der Waals surface area contributed by atoms with Crippen LogP contribution < -0.4 is 0 Å². The Morgan fingerprint density at radius 1 is 0.239 bits per heavy atom. The lowest BCUT2D eigenvalue weighted by molar-refractivity contribution is 1.08. The molecule has 14 rings (SSSR count). The first-order valence-corrected chi connectivity index (χ1v) is 24.2. The summed E-state index contributed by atoms with van der Waals surface area (Å²) in [5.74, 6) is 1.83. The SMILES string of the molecule is c1ccc(-c2cccc(-c3ccc4c(-n5c6cc7ccccc7cc6c6cc7ccccc7cc65)cc(-c5ccccc5)c(-c5nc(-c6ccccc6)nc(-c6ccc7ccccc7c6)n5)c4c3)c2)cc1. The van der Waals surface area contributed by atoms with Crippen LogP contribution in [0.3, 0.4) is 0 Å². The van der Waals surface area contributed by atoms with Gasteiger partial charge < -0.3 is 4.57 Å². The topological polar surface area (TPSA) is 43.6 Å². The summed E-state index contributed by atoms with van der Waals surface area (Å²) in [6.07, 6.45) is 0. The highest BCUT2D eigenvalue weighted by Gasteiger charge is 2.24. The van der Waals surface area contributed by atoms with Crippen LogP contribution in [0.15, 0.2) is 255 Å². The first-order chi connectivity index (χ1) is 35.2. The first-order valence-electron chi connectivity index (χ1n) is 24.2. The van der Waals surface area contributed by atoms with Crippen molar-refractivity contribution in [2.45, 2.75) is 0 Å². The molecule has 2 heterocycles. The molecule has 0 radical (unpaired) electrons. The first kappa shape index (κ1) is 40.5. The lowest BCUT2D eigenvalue weighted by atomic mass is 9.89. The van der Waals surface area contributed by atoms with Gasteiger partial charge in [0.2, 0.25) is 0 Å². The molecule has 0 aliphatic rings. The molecule has 0 aliphatic heterocycles. The molecular weight excluding hydrogens is 861 g/mol. The van der Waals surface area contributed by atoms with E-state index in [1.807, 2.05) is 18.2 Å². The third kappa shape index (κ3) is 7.04. The van der Waals surface area contributed by atoms with Crippen molar-refractivity contribution in [3.05, 3.63) is 255 Å². The van der Waals surface area contributed by atoms with E-state index in [9.17, 15) is 0 Å². The predicted molar refractivity (Wildman–Crippen MR) is 297 cm³/mol. The molecule has 0 N–H and O–H groups in total. The number of aromatic nitrogens is 4. The second kappa shape index (κ2) is 16.6. The molecule has 0 saturated carbocycles. The largest absolute Gasteiger partial charge is 0.309 e. The zero-order chi connectivity index (χ0) is 46.8. The monoisotopic (exact) mass is 902 g/mol. The molecule has 0 unspecified atom stereocenters. The van der Waals surface area contributed by atoms with E-state index in [2.05, 4.69) is 241 Å². The van der Waals surface area contributed by atoms with Crippen LogP contribution in [0.4, 0.5) is 0 Å². The number of hydrogen-bond donors (Lipinski definition) is 0. The van der Waals surface area contributed by atoms with Gasteiger partial charge in [-0.2, -0.15) is 0 Å². The van der Waals surface area contributed by atoms with E-state index in [4.69, 9.17) is 15.0 Å². The van der Waals surface area contributed by atoms with Crippen LogP contribution in [-0.4, -0.2) is 19.5 Å². The lowest BCUT2D eigenvalue weighted by Crippen LogP contribution is -2.04. The summed E-state index contributed by atoms with van der Waals surface area (Å²) in [4.78, 5) is 16.3. The molecule has 12 aromatic carbocycles. The molecule has 2 aromatic heterocycles. The van der Waals surface area contributed by atoms with Crippen molar-refractivity contribution in [2.24, 2.45) is 0 Å². The van der Waals surface area contributed by atoms with E-state index in [-0.39, 0.29) is 0 Å². The van der Waals surface area contributed by atoms with Gasteiger partial charge in [-0.1, -0.05) is 206 Å². The highest BCUT2D eigenvalue weighted by atomic mass is 15.0. The summed E-state index contributed by atoms with van der Waals surface area (Å²) in [5, 5.41) is 11.6. The van der Waals surface area contributed by atoms with Gasteiger partial charge in [0.15, 0.2) is 17.5 Å². The van der Waals surface area contributed by atoms with Crippen molar-refractivity contribution in [1.29, 1.82) is 0 Å². The molecule has 0 amide bonds. The van der Waals surface area contributed by atoms with Gasteiger partial charge in [-0.25, -0.2) is 15.0 Å². The van der Waals surface area contributed by atoms with Gasteiger partial charge in [0.1, 0.15) is 0 Å². The molecule has 0 spiro atoms. The summed E-state index contributed by atoms with van der Waals surface area (Å²) in [7, 11) is 0. The van der Waals surface area contributed by atoms with Crippen LogP contribution in [-0.2, 0) is 0 Å². The van der Waals surface area contributed by atoms with Crippen molar-refractivity contribution in [2.75, 3.05) is 0 Å². The number of hydrogen-bond acceptors (Lipinski definition) is 3. The zero-order valence-corrected chi connectivity index (χ0v) is 38.5. The molecule has 0 bridgehead atoms. The third-order valence-corrected chi connectivity index (χ3v) is 14.1. The number of fused-ring (bicyclic) bond motifs is 7. The standard InChI is InChI=1S/C67H42N4/c1-4-17-43(18-5-1)48-29-16-30-49(35-48)54-33-34-56-60(39-54)64(67-69-65(46-22-8-3-9-23-46)68-66(70-67)55-32-31-44-19-10-11-24-47(44)36-55)57(45-20-6-2-7-21-45)42-63(56)71-61-40-52-27-14-12-25-50(52)37-58(61)59-38-51-26-13-15-28-53(51)41-62(59)71/h1-42H. The summed E-state index contributed by atoms with van der Waals surface area (Å²) < 4.78 is 2.50. The summed E-state index contributed by atoms with van der Waals surface area (Å²) in [5.41, 5.74) is 12.8. The molecule has 71 heavy (non-hydrogen) atoms. The van der Waals surface area contributed by atoms with Crippen molar-refractivity contribution < 1.29 is 0 Å². The van der Waals surface area contributed by atoms with Crippen LogP contribution in [0.2, 0.25) is 0 Å². The average molecular weight is 903 g/mol. The Morgan fingerprint density at radius 3 is 1.31 bits per heavy atom. The maximum atomic E-state index is 5.53. The molecule has 0 fully saturated rings. The number of rotatable bonds is 7. The maximum absolute atomic E-state index is 5.53. The lowest BCUT2D eigenvalue weighted by Gasteiger charge is -2.20. The van der Waals surface area contributed by atoms with Gasteiger partial charge >= 0.3 is 0 Å². The molecule has 4 nitrogen and oxygen atoms in total. The van der Waals surface area contributed by atoms with Gasteiger partial charge in [-0.05, 0) is 120 Å². The minimum absolute atomic E-state index is 0.604. The van der Waals surface area contributed by atoms with Crippen molar-refractivity contribution in [3.63, 3.8) is 0 Å². The summed E-state index contributed by atoms with van der Waals surface area (Å²) in [6, 6.07) is 91.6. The minimum atomic E-state index is 0.604. The molecular formula is C67H42N4. The van der Waals surface area contributed by atoms with Gasteiger partial charge in [0.05, 0.1) is 16.7 Å². The average Bonchev–Trinajstić information content (AvgIpc) is 3.75. The zero-order valence-electron chi connectivity index (χ0n) is 38.5. The van der Waals surface area contributed by atoms with Gasteiger partial charge in [0, 0.05) is 32.8 Å². The Balaban J connectivity index is 1.13. The molecule has 4 heteroatoms. The van der Waals surface area contributed by atoms with Crippen LogP contribution in [0.5, 0.6) is 0 Å². The van der Waals surface area contributed by atoms with E-state index in [1.165, 1.54) is 37.9 Å². The minimum Gasteiger partial charge on any atom is -0.309 e. The summed E-state index contributed by atoms with van der Waals surface area (Å²) >= 11 is 0. The Hall–Kier alpha value is -9.51. The molecule has 14 aromatic rings. The van der Waals surface area contributed by atoms with Crippen molar-refractivity contribution in [3.8, 4) is 73.2 Å². The normalized spacial score (nSPS) is 11.7. The van der Waals surface area contributed by atoms with E-state index >= 15 is 0 Å². The van der Waals surface area contributed by atoms with E-state index < -0.39 is 0 Å². The second-order valence-electron chi connectivity index (χ2n) is 18.4. The number of nitrogens with zero attached hydrogens (tertiary/aromatic N) is 4. The second-order valence-corrected chi connectivity index (χ2v) is 18.4. The van der Waals surface area contributed by atoms with E-state index in [1.54, 1.807) is 0 Å². The highest BCUT2D eigenvalue weighted by molar-refractivity contribution is 6.18. The Bertz CT molecular complexity index is 4290. The molecule has 0 saturated heterocycles. The van der Waals surface area contributed by atoms with Crippen LogP contribution >= 0.6 is 0 Å². The summed E-state index contributed by atoms with van der Waals surface area (Å²) in [6.45, 7) is 0. The van der Waals surface area contributed by atoms with Crippen LogP contribution in [0, 0.1) is 0 Å². The Labute approximate surface area is 410 Å². The van der Waals surface area contributed by atoms with Gasteiger partial charge in [-0.3, -0.25) is 0 Å². The van der Waals surface area contributed by atoms with Crippen LogP contribution in [0.25, 0.3) is 138 Å². The quantitative estimate of drug-likeness (QED) is 0.160. The van der Waals surface area contributed by atoms with Gasteiger partial charge in [-0.15, -0.1) is 0 Å². The Morgan fingerprint density at radius 2 is 0.690 bits per heavy atom. The van der Waals surface area contributed by atoms with E-state index in [0.717, 1.165) is 82.8 Å². The predicted octanol–water partition coefficient (Wildman–Crippen LogP) is 17.6. The van der Waals surface area contributed by atoms with Gasteiger partial charge in [0.25, 0.3) is 0 Å². The Kier molecular flexibility index (Phi) is 9.49. The molecule has 0 aliphatic carbocycles. The van der Waals surface area contributed by atoms with Crippen LogP contribution in [0.1, 0.15) is 0 Å². The van der Waals surface area contributed by atoms with Crippen molar-refractivity contribution in [1.82, 2.24) is 19.5 Å². The smallest absolute Gasteiger partial charge is 0.165 e. The fraction of sp³-hybridized carbons (Fsp3) is 0. The highest BCUT2D eigenvalue weighted by Crippen LogP contribution is 2.46. The molecule has 330 valence electrons.